The smallest absolute Gasteiger partial charge is 0.308 e. The van der Waals surface area contributed by atoms with Gasteiger partial charge in [-0.05, 0) is 43.4 Å². The van der Waals surface area contributed by atoms with Crippen molar-refractivity contribution in [3.63, 3.8) is 0 Å². The number of fused-ring (bicyclic) bond motifs is 1. The zero-order valence-electron chi connectivity index (χ0n) is 15.8. The second-order valence-electron chi connectivity index (χ2n) is 7.87. The van der Waals surface area contributed by atoms with Crippen molar-refractivity contribution in [3.8, 4) is 0 Å². The molecule has 1 aromatic rings. The van der Waals surface area contributed by atoms with Crippen molar-refractivity contribution in [1.29, 1.82) is 0 Å². The van der Waals surface area contributed by atoms with Gasteiger partial charge < -0.3 is 9.57 Å². The number of methoxy groups -OCH3 is 1. The molecule has 3 unspecified atom stereocenters. The van der Waals surface area contributed by atoms with Crippen LogP contribution in [0.15, 0.2) is 29.4 Å². The van der Waals surface area contributed by atoms with E-state index in [2.05, 4.69) is 10.1 Å². The number of hydrogen-bond acceptors (Lipinski definition) is 5. The first-order valence-electron chi connectivity index (χ1n) is 9.99. The molecule has 0 amide bonds. The van der Waals surface area contributed by atoms with Crippen LogP contribution in [0, 0.1) is 11.8 Å². The van der Waals surface area contributed by atoms with Crippen molar-refractivity contribution >= 4 is 23.3 Å². The van der Waals surface area contributed by atoms with Gasteiger partial charge in [0, 0.05) is 24.5 Å². The van der Waals surface area contributed by atoms with E-state index in [4.69, 9.17) is 21.2 Å². The van der Waals surface area contributed by atoms with Crippen LogP contribution in [0.2, 0.25) is 5.02 Å². The predicted octanol–water partition coefficient (Wildman–Crippen LogP) is 4.24. The number of esters is 1. The Hall–Kier alpha value is -1.59. The van der Waals surface area contributed by atoms with Crippen molar-refractivity contribution in [2.75, 3.05) is 20.2 Å². The minimum atomic E-state index is -0.537. The number of carbonyl (C=O) groups excluding carboxylic acids is 1. The average molecular weight is 391 g/mol. The summed E-state index contributed by atoms with van der Waals surface area (Å²) in [4.78, 5) is 21.1. The fraction of sp³-hybridized carbons (Fsp3) is 0.619. The first kappa shape index (κ1) is 18.8. The van der Waals surface area contributed by atoms with E-state index < -0.39 is 5.72 Å². The summed E-state index contributed by atoms with van der Waals surface area (Å²) in [7, 11) is 1.48. The number of carbonyl (C=O) groups is 1. The SMILES string of the molecule is COC(=O)C1CCCCC2C(c3ccc(Cl)cc3)=NOC2(N2CCCC2)C1. The van der Waals surface area contributed by atoms with E-state index in [1.165, 1.54) is 7.11 Å². The van der Waals surface area contributed by atoms with Gasteiger partial charge >= 0.3 is 5.97 Å². The van der Waals surface area contributed by atoms with E-state index in [1.54, 1.807) is 0 Å². The van der Waals surface area contributed by atoms with Gasteiger partial charge in [0.2, 0.25) is 5.72 Å². The average Bonchev–Trinajstić information content (AvgIpc) is 3.31. The van der Waals surface area contributed by atoms with Gasteiger partial charge in [-0.1, -0.05) is 41.7 Å². The first-order valence-corrected chi connectivity index (χ1v) is 10.4. The lowest BCUT2D eigenvalue weighted by Gasteiger charge is -2.43. The maximum atomic E-state index is 12.4. The molecule has 1 aliphatic carbocycles. The number of rotatable bonds is 3. The summed E-state index contributed by atoms with van der Waals surface area (Å²) < 4.78 is 5.10. The van der Waals surface area contributed by atoms with Gasteiger partial charge in [0.1, 0.15) is 0 Å². The molecule has 0 aromatic heterocycles. The summed E-state index contributed by atoms with van der Waals surface area (Å²) in [5, 5.41) is 5.29. The number of oxime groups is 1. The predicted molar refractivity (Wildman–Crippen MR) is 105 cm³/mol. The second kappa shape index (κ2) is 7.80. The molecule has 27 heavy (non-hydrogen) atoms. The quantitative estimate of drug-likeness (QED) is 0.724. The molecular formula is C21H27ClN2O3. The third kappa shape index (κ3) is 3.47. The lowest BCUT2D eigenvalue weighted by atomic mass is 9.75. The summed E-state index contributed by atoms with van der Waals surface area (Å²) in [6, 6.07) is 7.83. The Morgan fingerprint density at radius 2 is 1.89 bits per heavy atom. The minimum absolute atomic E-state index is 0.127. The summed E-state index contributed by atoms with van der Waals surface area (Å²) in [6.45, 7) is 1.99. The first-order chi connectivity index (χ1) is 13.1. The van der Waals surface area contributed by atoms with Gasteiger partial charge in [0.15, 0.2) is 0 Å². The third-order valence-electron chi connectivity index (χ3n) is 6.33. The summed E-state index contributed by atoms with van der Waals surface area (Å²) in [5.41, 5.74) is 1.51. The van der Waals surface area contributed by atoms with E-state index in [-0.39, 0.29) is 17.8 Å². The van der Waals surface area contributed by atoms with Gasteiger partial charge in [-0.3, -0.25) is 9.69 Å². The molecule has 2 heterocycles. The Labute approximate surface area is 165 Å². The molecule has 1 aromatic carbocycles. The fourth-order valence-electron chi connectivity index (χ4n) is 4.95. The van der Waals surface area contributed by atoms with E-state index in [1.807, 2.05) is 24.3 Å². The maximum absolute atomic E-state index is 12.4. The standard InChI is InChI=1S/C21H27ClN2O3/c1-26-20(25)16-6-2-3-7-18-19(15-8-10-17(22)11-9-15)23-27-21(18,14-16)24-12-4-5-13-24/h8-11,16,18H,2-7,12-14H2,1H3. The molecule has 0 spiro atoms. The van der Waals surface area contributed by atoms with Crippen LogP contribution in [0.3, 0.4) is 0 Å². The van der Waals surface area contributed by atoms with Crippen LogP contribution in [0.25, 0.3) is 0 Å². The molecule has 1 saturated heterocycles. The van der Waals surface area contributed by atoms with Crippen molar-refractivity contribution < 1.29 is 14.4 Å². The van der Waals surface area contributed by atoms with Gasteiger partial charge in [-0.15, -0.1) is 0 Å². The third-order valence-corrected chi connectivity index (χ3v) is 6.58. The zero-order chi connectivity index (χ0) is 18.9. The number of halogens is 1. The van der Waals surface area contributed by atoms with Gasteiger partial charge in [0.05, 0.1) is 24.7 Å². The topological polar surface area (TPSA) is 51.1 Å². The van der Waals surface area contributed by atoms with E-state index >= 15 is 0 Å². The molecule has 4 rings (SSSR count). The van der Waals surface area contributed by atoms with Crippen LogP contribution >= 0.6 is 11.6 Å². The molecule has 0 bridgehead atoms. The molecule has 146 valence electrons. The van der Waals surface area contributed by atoms with Gasteiger partial charge in [-0.2, -0.15) is 0 Å². The highest BCUT2D eigenvalue weighted by Crippen LogP contribution is 2.46. The van der Waals surface area contributed by atoms with Crippen molar-refractivity contribution in [1.82, 2.24) is 4.90 Å². The highest BCUT2D eigenvalue weighted by Gasteiger charge is 2.55. The normalized spacial score (nSPS) is 31.4. The molecule has 1 saturated carbocycles. The van der Waals surface area contributed by atoms with E-state index in [0.29, 0.717) is 11.4 Å². The number of likely N-dealkylation sites (tertiary alicyclic amines) is 1. The number of hydrogen-bond donors (Lipinski definition) is 0. The van der Waals surface area contributed by atoms with Crippen molar-refractivity contribution in [2.45, 2.75) is 50.7 Å². The second-order valence-corrected chi connectivity index (χ2v) is 8.31. The van der Waals surface area contributed by atoms with Crippen LogP contribution in [0.5, 0.6) is 0 Å². The Kier molecular flexibility index (Phi) is 5.42. The molecule has 3 atom stereocenters. The van der Waals surface area contributed by atoms with E-state index in [0.717, 1.165) is 62.9 Å². The fourth-order valence-corrected chi connectivity index (χ4v) is 5.08. The van der Waals surface area contributed by atoms with Gasteiger partial charge in [-0.25, -0.2) is 0 Å². The molecule has 6 heteroatoms. The summed E-state index contributed by atoms with van der Waals surface area (Å²) in [5.74, 6) is -0.111. The Morgan fingerprint density at radius 3 is 2.59 bits per heavy atom. The number of benzene rings is 1. The number of ether oxygens (including phenoxy) is 1. The van der Waals surface area contributed by atoms with Crippen molar-refractivity contribution in [3.05, 3.63) is 34.9 Å². The van der Waals surface area contributed by atoms with Gasteiger partial charge in [0.25, 0.3) is 0 Å². The molecule has 3 aliphatic rings. The molecular weight excluding hydrogens is 364 g/mol. The Balaban J connectivity index is 1.70. The number of nitrogens with zero attached hydrogens (tertiary/aromatic N) is 2. The minimum Gasteiger partial charge on any atom is -0.469 e. The van der Waals surface area contributed by atoms with Crippen molar-refractivity contribution in [2.24, 2.45) is 17.0 Å². The van der Waals surface area contributed by atoms with Crippen LogP contribution in [0.4, 0.5) is 0 Å². The molecule has 0 N–H and O–H groups in total. The van der Waals surface area contributed by atoms with E-state index in [9.17, 15) is 4.79 Å². The molecule has 5 nitrogen and oxygen atoms in total. The van der Waals surface area contributed by atoms with Crippen LogP contribution < -0.4 is 0 Å². The molecule has 2 aliphatic heterocycles. The zero-order valence-corrected chi connectivity index (χ0v) is 16.6. The highest BCUT2D eigenvalue weighted by molar-refractivity contribution is 6.30. The Morgan fingerprint density at radius 1 is 1.19 bits per heavy atom. The lowest BCUT2D eigenvalue weighted by molar-refractivity contribution is -0.179. The summed E-state index contributed by atoms with van der Waals surface area (Å²) in [6.07, 6.45) is 6.93. The highest BCUT2D eigenvalue weighted by atomic mass is 35.5. The monoisotopic (exact) mass is 390 g/mol. The lowest BCUT2D eigenvalue weighted by Crippen LogP contribution is -2.55. The Bertz CT molecular complexity index is 715. The largest absolute Gasteiger partial charge is 0.469 e. The molecule has 2 fully saturated rings. The summed E-state index contributed by atoms with van der Waals surface area (Å²) >= 11 is 6.07. The maximum Gasteiger partial charge on any atom is 0.308 e. The van der Waals surface area contributed by atoms with Crippen LogP contribution in [-0.4, -0.2) is 42.5 Å². The van der Waals surface area contributed by atoms with Crippen LogP contribution in [0.1, 0.15) is 50.5 Å². The van der Waals surface area contributed by atoms with Crippen LogP contribution in [-0.2, 0) is 14.4 Å². The molecule has 0 radical (unpaired) electrons.